The van der Waals surface area contributed by atoms with E-state index < -0.39 is 5.63 Å². The molecule has 0 radical (unpaired) electrons. The van der Waals surface area contributed by atoms with Gasteiger partial charge in [-0.05, 0) is 50.9 Å². The van der Waals surface area contributed by atoms with Crippen LogP contribution in [-0.4, -0.2) is 34.9 Å². The summed E-state index contributed by atoms with van der Waals surface area (Å²) in [4.78, 5) is 26.8. The molecule has 5 nitrogen and oxygen atoms in total. The van der Waals surface area contributed by atoms with Crippen LogP contribution in [0.15, 0.2) is 27.4 Å². The molecule has 0 saturated carbocycles. The lowest BCUT2D eigenvalue weighted by atomic mass is 10.0. The third-order valence-electron chi connectivity index (χ3n) is 4.66. The number of phenolic OH excluding ortho intramolecular Hbond substituents is 1. The molecule has 24 heavy (non-hydrogen) atoms. The topological polar surface area (TPSA) is 70.8 Å². The zero-order chi connectivity index (χ0) is 16.6. The first kappa shape index (κ1) is 18.5. The lowest BCUT2D eigenvalue weighted by molar-refractivity contribution is 0.0959. The molecule has 130 valence electrons. The van der Waals surface area contributed by atoms with Crippen LogP contribution in [-0.2, 0) is 0 Å². The van der Waals surface area contributed by atoms with E-state index >= 15 is 0 Å². The highest BCUT2D eigenvalue weighted by atomic mass is 35.5. The Morgan fingerprint density at radius 3 is 2.79 bits per heavy atom. The molecule has 0 aliphatic carbocycles. The number of carbonyl (C=O) groups excluding carboxylic acids is 1. The second kappa shape index (κ2) is 7.36. The number of hydrogen-bond donors (Lipinski definition) is 1. The Kier molecular flexibility index (Phi) is 5.67. The Morgan fingerprint density at radius 2 is 2.12 bits per heavy atom. The van der Waals surface area contributed by atoms with Gasteiger partial charge >= 0.3 is 5.63 Å². The second-order valence-electron chi connectivity index (χ2n) is 6.32. The van der Waals surface area contributed by atoms with Gasteiger partial charge in [-0.3, -0.25) is 4.79 Å². The zero-order valence-electron chi connectivity index (χ0n) is 13.9. The van der Waals surface area contributed by atoms with E-state index in [2.05, 4.69) is 11.8 Å². The number of likely N-dealkylation sites (tertiary alicyclic amines) is 1. The van der Waals surface area contributed by atoms with Crippen molar-refractivity contribution in [2.24, 2.45) is 0 Å². The number of fused-ring (bicyclic) bond motifs is 1. The van der Waals surface area contributed by atoms with Crippen LogP contribution >= 0.6 is 12.4 Å². The van der Waals surface area contributed by atoms with Crippen LogP contribution in [0.4, 0.5) is 0 Å². The number of phenols is 1. The largest absolute Gasteiger partial charge is 0.508 e. The second-order valence-corrected chi connectivity index (χ2v) is 6.32. The molecule has 3 rings (SSSR count). The Hall–Kier alpha value is -1.85. The van der Waals surface area contributed by atoms with E-state index in [4.69, 9.17) is 4.42 Å². The molecule has 0 amide bonds. The molecule has 1 aliphatic rings. The van der Waals surface area contributed by atoms with Crippen molar-refractivity contribution in [1.82, 2.24) is 4.90 Å². The van der Waals surface area contributed by atoms with Crippen molar-refractivity contribution in [3.05, 3.63) is 39.7 Å². The van der Waals surface area contributed by atoms with Crippen LogP contribution < -0.4 is 5.63 Å². The van der Waals surface area contributed by atoms with Crippen LogP contribution in [0.2, 0.25) is 0 Å². The van der Waals surface area contributed by atoms with Gasteiger partial charge in [0.05, 0.1) is 0 Å². The van der Waals surface area contributed by atoms with Crippen LogP contribution in [0.25, 0.3) is 11.0 Å². The summed E-state index contributed by atoms with van der Waals surface area (Å²) in [5.41, 5.74) is 0.531. The van der Waals surface area contributed by atoms with Gasteiger partial charge in [0.1, 0.15) is 16.9 Å². The molecule has 1 aromatic carbocycles. The van der Waals surface area contributed by atoms with E-state index in [9.17, 15) is 14.7 Å². The molecule has 1 aromatic heterocycles. The highest BCUT2D eigenvalue weighted by molar-refractivity contribution is 5.98. The molecule has 0 bridgehead atoms. The molecular weight excluding hydrogens is 330 g/mol. The number of hydrogen-bond acceptors (Lipinski definition) is 5. The summed E-state index contributed by atoms with van der Waals surface area (Å²) in [6, 6.07) is 5.07. The Labute approximate surface area is 146 Å². The van der Waals surface area contributed by atoms with Gasteiger partial charge in [-0.25, -0.2) is 4.79 Å². The third kappa shape index (κ3) is 3.62. The highest BCUT2D eigenvalue weighted by Gasteiger charge is 2.22. The SMILES string of the molecule is Cc1cc(O)cc2oc(=O)c(C(=O)CCN3CCCC3C)cc12.Cl. The Balaban J connectivity index is 0.00000208. The summed E-state index contributed by atoms with van der Waals surface area (Å²) in [6.07, 6.45) is 2.64. The van der Waals surface area contributed by atoms with Crippen molar-refractivity contribution in [2.45, 2.75) is 39.2 Å². The number of Topliss-reactive ketones (excluding diaryl/α,β-unsaturated/α-hetero) is 1. The van der Waals surface area contributed by atoms with Crippen molar-refractivity contribution >= 4 is 29.2 Å². The molecule has 1 saturated heterocycles. The fraction of sp³-hybridized carbons (Fsp3) is 0.444. The number of carbonyl (C=O) groups is 1. The summed E-state index contributed by atoms with van der Waals surface area (Å²) in [5.74, 6) is -0.146. The number of rotatable bonds is 4. The van der Waals surface area contributed by atoms with Crippen molar-refractivity contribution in [1.29, 1.82) is 0 Å². The lowest BCUT2D eigenvalue weighted by Gasteiger charge is -2.20. The highest BCUT2D eigenvalue weighted by Crippen LogP contribution is 2.24. The summed E-state index contributed by atoms with van der Waals surface area (Å²) in [7, 11) is 0. The maximum Gasteiger partial charge on any atom is 0.347 e. The molecular formula is C18H22ClNO4. The smallest absolute Gasteiger partial charge is 0.347 e. The van der Waals surface area contributed by atoms with Crippen LogP contribution in [0.5, 0.6) is 5.75 Å². The number of aromatic hydroxyl groups is 1. The van der Waals surface area contributed by atoms with Gasteiger partial charge in [0.2, 0.25) is 0 Å². The van der Waals surface area contributed by atoms with Gasteiger partial charge in [-0.2, -0.15) is 0 Å². The lowest BCUT2D eigenvalue weighted by Crippen LogP contribution is -2.30. The third-order valence-corrected chi connectivity index (χ3v) is 4.66. The summed E-state index contributed by atoms with van der Waals surface area (Å²) in [5, 5.41) is 10.3. The first-order valence-electron chi connectivity index (χ1n) is 8.00. The first-order valence-corrected chi connectivity index (χ1v) is 8.00. The summed E-state index contributed by atoms with van der Waals surface area (Å²) >= 11 is 0. The predicted molar refractivity (Wildman–Crippen MR) is 95.4 cm³/mol. The van der Waals surface area contributed by atoms with Crippen molar-refractivity contribution < 1.29 is 14.3 Å². The van der Waals surface area contributed by atoms with Gasteiger partial charge in [-0.1, -0.05) is 0 Å². The van der Waals surface area contributed by atoms with Crippen molar-refractivity contribution in [2.75, 3.05) is 13.1 Å². The summed E-state index contributed by atoms with van der Waals surface area (Å²) in [6.45, 7) is 5.66. The molecule has 1 aliphatic heterocycles. The van der Waals surface area contributed by atoms with Crippen LogP contribution in [0.3, 0.4) is 0 Å². The maximum absolute atomic E-state index is 12.4. The van der Waals surface area contributed by atoms with Crippen molar-refractivity contribution in [3.8, 4) is 5.75 Å². The van der Waals surface area contributed by atoms with E-state index in [1.54, 1.807) is 12.1 Å². The fourth-order valence-electron chi connectivity index (χ4n) is 3.27. The molecule has 1 fully saturated rings. The number of benzene rings is 1. The molecule has 1 N–H and O–H groups in total. The Morgan fingerprint density at radius 1 is 1.38 bits per heavy atom. The molecule has 2 heterocycles. The van der Waals surface area contributed by atoms with Gasteiger partial charge in [0.25, 0.3) is 0 Å². The van der Waals surface area contributed by atoms with E-state index in [0.717, 1.165) is 24.9 Å². The monoisotopic (exact) mass is 351 g/mol. The van der Waals surface area contributed by atoms with Crippen molar-refractivity contribution in [3.63, 3.8) is 0 Å². The predicted octanol–water partition coefficient (Wildman–Crippen LogP) is 3.29. The minimum absolute atomic E-state index is 0. The average molecular weight is 352 g/mol. The van der Waals surface area contributed by atoms with Gasteiger partial charge in [0.15, 0.2) is 5.78 Å². The first-order chi connectivity index (χ1) is 11.0. The average Bonchev–Trinajstić information content (AvgIpc) is 2.89. The standard InChI is InChI=1S/C18H21NO4.ClH/c1-11-8-13(20)9-17-14(11)10-15(18(22)23-17)16(21)5-7-19-6-3-4-12(19)2;/h8-10,12,20H,3-7H2,1-2H3;1H. The van der Waals surface area contributed by atoms with Crippen LogP contribution in [0, 0.1) is 6.92 Å². The quantitative estimate of drug-likeness (QED) is 0.676. The molecule has 0 spiro atoms. The molecule has 1 atom stereocenters. The minimum atomic E-state index is -0.637. The van der Waals surface area contributed by atoms with E-state index in [-0.39, 0.29) is 29.5 Å². The normalized spacial score (nSPS) is 17.8. The summed E-state index contributed by atoms with van der Waals surface area (Å²) < 4.78 is 5.22. The molecule has 2 aromatic rings. The number of halogens is 1. The van der Waals surface area contributed by atoms with Gasteiger partial charge in [-0.15, -0.1) is 12.4 Å². The fourth-order valence-corrected chi connectivity index (χ4v) is 3.27. The van der Waals surface area contributed by atoms with Crippen LogP contribution in [0.1, 0.15) is 42.1 Å². The minimum Gasteiger partial charge on any atom is -0.508 e. The van der Waals surface area contributed by atoms with Gasteiger partial charge < -0.3 is 14.4 Å². The van der Waals surface area contributed by atoms with Gasteiger partial charge in [0, 0.05) is 30.5 Å². The maximum atomic E-state index is 12.4. The number of ketones is 1. The molecule has 6 heteroatoms. The number of aryl methyl sites for hydroxylation is 1. The van der Waals surface area contributed by atoms with E-state index in [1.165, 1.54) is 6.07 Å². The molecule has 1 unspecified atom stereocenters. The number of nitrogens with zero attached hydrogens (tertiary/aromatic N) is 1. The van der Waals surface area contributed by atoms with E-state index in [1.807, 2.05) is 6.92 Å². The van der Waals surface area contributed by atoms with E-state index in [0.29, 0.717) is 30.0 Å². The zero-order valence-corrected chi connectivity index (χ0v) is 14.7. The Bertz CT molecular complexity index is 815.